The predicted octanol–water partition coefficient (Wildman–Crippen LogP) is 2.01. The van der Waals surface area contributed by atoms with Crippen molar-refractivity contribution < 1.29 is 26.4 Å². The topological polar surface area (TPSA) is 85.2 Å². The second kappa shape index (κ2) is 7.09. The number of rotatable bonds is 6. The molecule has 0 amide bonds. The highest BCUT2D eigenvalue weighted by Crippen LogP contribution is 2.32. The van der Waals surface area contributed by atoms with Crippen LogP contribution in [0.1, 0.15) is 11.1 Å². The lowest BCUT2D eigenvalue weighted by atomic mass is 10.1. The van der Waals surface area contributed by atoms with Crippen LogP contribution in [0.4, 0.5) is 18.9 Å². The van der Waals surface area contributed by atoms with Crippen molar-refractivity contribution in [2.45, 2.75) is 18.5 Å². The molecule has 0 saturated heterocycles. The summed E-state index contributed by atoms with van der Waals surface area (Å²) in [5.41, 5.74) is -2.63. The molecule has 0 spiro atoms. The number of aromatic nitrogens is 1. The molecule has 25 heavy (non-hydrogen) atoms. The van der Waals surface area contributed by atoms with Gasteiger partial charge in [-0.2, -0.15) is 13.2 Å². The Morgan fingerprint density at radius 3 is 2.44 bits per heavy atom. The third kappa shape index (κ3) is 4.69. The number of nitrogens with one attached hydrogen (secondary N) is 1. The zero-order valence-corrected chi connectivity index (χ0v) is 13.5. The lowest BCUT2D eigenvalue weighted by molar-refractivity contribution is -0.138. The Labute approximate surface area is 141 Å². The van der Waals surface area contributed by atoms with Crippen LogP contribution in [0.3, 0.4) is 0 Å². The smallest absolute Gasteiger partial charge is 0.307 e. The van der Waals surface area contributed by atoms with Crippen LogP contribution in [0.5, 0.6) is 0 Å². The zero-order valence-electron chi connectivity index (χ0n) is 12.7. The maximum Gasteiger partial charge on any atom is 0.416 e. The monoisotopic (exact) mass is 374 g/mol. The molecule has 0 saturated carbocycles. The molecular weight excluding hydrogens is 361 g/mol. The number of hydrogen-bond acceptors (Lipinski definition) is 4. The molecule has 0 unspecified atom stereocenters. The molecule has 0 atom stereocenters. The molecule has 1 heterocycles. The molecule has 0 aliphatic heterocycles. The van der Waals surface area contributed by atoms with Gasteiger partial charge in [-0.3, -0.25) is 9.52 Å². The van der Waals surface area contributed by atoms with E-state index in [1.807, 2.05) is 4.72 Å². The molecule has 2 aromatic rings. The summed E-state index contributed by atoms with van der Waals surface area (Å²) in [6.45, 7) is -0.273. The van der Waals surface area contributed by atoms with Gasteiger partial charge in [-0.15, -0.1) is 0 Å². The zero-order chi connectivity index (χ0) is 18.7. The normalized spacial score (nSPS) is 12.0. The van der Waals surface area contributed by atoms with E-state index in [2.05, 4.69) is 0 Å². The highest BCUT2D eigenvalue weighted by atomic mass is 32.2. The number of aldehydes is 1. The number of hydrogen-bond donors (Lipinski definition) is 1. The average molecular weight is 374 g/mol. The Balaban J connectivity index is 2.32. The molecule has 0 aliphatic rings. The SMILES string of the molecule is O=CCn1cccc(NS(=O)(=O)Cc2ccccc2C(F)(F)F)c1=O. The Kier molecular flexibility index (Phi) is 5.31. The summed E-state index contributed by atoms with van der Waals surface area (Å²) >= 11 is 0. The fourth-order valence-corrected chi connectivity index (χ4v) is 3.39. The van der Waals surface area contributed by atoms with Crippen molar-refractivity contribution >= 4 is 22.0 Å². The highest BCUT2D eigenvalue weighted by molar-refractivity contribution is 7.91. The van der Waals surface area contributed by atoms with Crippen molar-refractivity contribution in [1.29, 1.82) is 0 Å². The molecule has 1 aromatic heterocycles. The summed E-state index contributed by atoms with van der Waals surface area (Å²) in [7, 11) is -4.28. The molecular formula is C15H13F3N2O4S. The predicted molar refractivity (Wildman–Crippen MR) is 84.5 cm³/mol. The van der Waals surface area contributed by atoms with Gasteiger partial charge in [0, 0.05) is 6.20 Å². The summed E-state index contributed by atoms with van der Waals surface area (Å²) < 4.78 is 66.1. The van der Waals surface area contributed by atoms with E-state index in [1.54, 1.807) is 0 Å². The first-order valence-corrected chi connectivity index (χ1v) is 8.58. The van der Waals surface area contributed by atoms with E-state index < -0.39 is 38.6 Å². The van der Waals surface area contributed by atoms with E-state index >= 15 is 0 Å². The van der Waals surface area contributed by atoms with Crippen molar-refractivity contribution in [2.24, 2.45) is 0 Å². The maximum atomic E-state index is 13.0. The quantitative estimate of drug-likeness (QED) is 0.784. The van der Waals surface area contributed by atoms with Crippen LogP contribution in [0.2, 0.25) is 0 Å². The molecule has 1 aromatic carbocycles. The second-order valence-electron chi connectivity index (χ2n) is 5.06. The van der Waals surface area contributed by atoms with Gasteiger partial charge in [0.15, 0.2) is 0 Å². The van der Waals surface area contributed by atoms with Crippen molar-refractivity contribution in [3.05, 3.63) is 64.1 Å². The number of alkyl halides is 3. The van der Waals surface area contributed by atoms with Crippen LogP contribution in [0, 0.1) is 0 Å². The second-order valence-corrected chi connectivity index (χ2v) is 6.78. The molecule has 0 aliphatic carbocycles. The van der Waals surface area contributed by atoms with E-state index in [4.69, 9.17) is 0 Å². The number of carbonyl (C=O) groups excluding carboxylic acids is 1. The Morgan fingerprint density at radius 2 is 1.80 bits per heavy atom. The first kappa shape index (κ1) is 18.7. The van der Waals surface area contributed by atoms with Crippen LogP contribution in [-0.2, 0) is 33.3 Å². The summed E-state index contributed by atoms with van der Waals surface area (Å²) in [4.78, 5) is 22.5. The third-order valence-corrected chi connectivity index (χ3v) is 4.45. The average Bonchev–Trinajstić information content (AvgIpc) is 2.50. The minimum Gasteiger partial charge on any atom is -0.307 e. The summed E-state index contributed by atoms with van der Waals surface area (Å²) in [6, 6.07) is 6.78. The fourth-order valence-electron chi connectivity index (χ4n) is 2.17. The molecule has 0 bridgehead atoms. The third-order valence-electron chi connectivity index (χ3n) is 3.23. The summed E-state index contributed by atoms with van der Waals surface area (Å²) in [5.74, 6) is -0.954. The van der Waals surface area contributed by atoms with Gasteiger partial charge >= 0.3 is 6.18 Å². The number of carbonyl (C=O) groups is 1. The van der Waals surface area contributed by atoms with Gasteiger partial charge < -0.3 is 9.36 Å². The van der Waals surface area contributed by atoms with Gasteiger partial charge in [0.1, 0.15) is 12.0 Å². The van der Waals surface area contributed by atoms with E-state index in [0.717, 1.165) is 28.8 Å². The van der Waals surface area contributed by atoms with Crippen molar-refractivity contribution in [2.75, 3.05) is 4.72 Å². The van der Waals surface area contributed by atoms with Crippen molar-refractivity contribution in [3.63, 3.8) is 0 Å². The lowest BCUT2D eigenvalue weighted by Gasteiger charge is -2.14. The number of benzene rings is 1. The molecule has 10 heteroatoms. The summed E-state index contributed by atoms with van der Waals surface area (Å²) in [5, 5.41) is 0. The van der Waals surface area contributed by atoms with E-state index in [0.29, 0.717) is 6.29 Å². The van der Waals surface area contributed by atoms with Gasteiger partial charge in [-0.05, 0) is 23.8 Å². The van der Waals surface area contributed by atoms with Crippen LogP contribution in [0.15, 0.2) is 47.4 Å². The van der Waals surface area contributed by atoms with Gasteiger partial charge in [-0.25, -0.2) is 8.42 Å². The first-order valence-electron chi connectivity index (χ1n) is 6.93. The molecule has 1 N–H and O–H groups in total. The molecule has 0 radical (unpaired) electrons. The van der Waals surface area contributed by atoms with Gasteiger partial charge in [0.25, 0.3) is 5.56 Å². The largest absolute Gasteiger partial charge is 0.416 e. The van der Waals surface area contributed by atoms with Gasteiger partial charge in [0.05, 0.1) is 17.9 Å². The van der Waals surface area contributed by atoms with Crippen LogP contribution < -0.4 is 10.3 Å². The number of nitrogens with zero attached hydrogens (tertiary/aromatic N) is 1. The van der Waals surface area contributed by atoms with Crippen LogP contribution >= 0.6 is 0 Å². The van der Waals surface area contributed by atoms with E-state index in [1.165, 1.54) is 18.3 Å². The molecule has 6 nitrogen and oxygen atoms in total. The van der Waals surface area contributed by atoms with Crippen LogP contribution in [-0.4, -0.2) is 19.3 Å². The van der Waals surface area contributed by atoms with Crippen molar-refractivity contribution in [3.8, 4) is 0 Å². The maximum absolute atomic E-state index is 13.0. The van der Waals surface area contributed by atoms with Crippen molar-refractivity contribution in [1.82, 2.24) is 4.57 Å². The number of sulfonamides is 1. The van der Waals surface area contributed by atoms with Gasteiger partial charge in [0.2, 0.25) is 10.0 Å². The number of halogens is 3. The Morgan fingerprint density at radius 1 is 1.12 bits per heavy atom. The minimum absolute atomic E-state index is 0.273. The standard InChI is InChI=1S/C15H13F3N2O4S/c16-15(17,18)12-5-2-1-4-11(12)10-25(23,24)19-13-6-3-7-20(8-9-21)14(13)22/h1-7,9,19H,8,10H2. The molecule has 0 fully saturated rings. The van der Waals surface area contributed by atoms with E-state index in [9.17, 15) is 31.2 Å². The van der Waals surface area contributed by atoms with Gasteiger partial charge in [-0.1, -0.05) is 18.2 Å². The minimum atomic E-state index is -4.70. The lowest BCUT2D eigenvalue weighted by Crippen LogP contribution is -2.27. The summed E-state index contributed by atoms with van der Waals surface area (Å²) in [6.07, 6.45) is -2.96. The Bertz CT molecular complexity index is 936. The number of pyridine rings is 1. The molecule has 134 valence electrons. The van der Waals surface area contributed by atoms with E-state index in [-0.39, 0.29) is 12.2 Å². The molecule has 2 rings (SSSR count). The fraction of sp³-hybridized carbons (Fsp3) is 0.200. The number of anilines is 1. The van der Waals surface area contributed by atoms with Crippen LogP contribution in [0.25, 0.3) is 0 Å². The first-order chi connectivity index (χ1) is 11.6. The highest BCUT2D eigenvalue weighted by Gasteiger charge is 2.34. The Hall–Kier alpha value is -2.62.